The van der Waals surface area contributed by atoms with Crippen molar-refractivity contribution < 1.29 is 0 Å². The third-order valence-electron chi connectivity index (χ3n) is 7.39. The van der Waals surface area contributed by atoms with E-state index in [-0.39, 0.29) is 0 Å². The van der Waals surface area contributed by atoms with Gasteiger partial charge in [-0.15, -0.1) is 11.3 Å². The van der Waals surface area contributed by atoms with Crippen molar-refractivity contribution in [3.8, 4) is 0 Å². The first-order valence-corrected chi connectivity index (χ1v) is 13.2. The molecule has 1 aliphatic rings. The Labute approximate surface area is 212 Å². The minimum atomic E-state index is 0.797. The molecule has 2 aromatic heterocycles. The SMILES string of the molecule is C1=C(c2ccccc2)C=C(n2c3ccccc3c3c4c5ccccc5sc4c4ccccc4c32)NC1. The number of dihydropyridines is 1. The van der Waals surface area contributed by atoms with E-state index in [9.17, 15) is 0 Å². The summed E-state index contributed by atoms with van der Waals surface area (Å²) in [7, 11) is 0. The van der Waals surface area contributed by atoms with E-state index < -0.39 is 0 Å². The summed E-state index contributed by atoms with van der Waals surface area (Å²) >= 11 is 1.91. The summed E-state index contributed by atoms with van der Waals surface area (Å²) in [6.07, 6.45) is 4.57. The van der Waals surface area contributed by atoms with Gasteiger partial charge in [0.05, 0.1) is 11.0 Å². The number of hydrogen-bond acceptors (Lipinski definition) is 2. The van der Waals surface area contributed by atoms with Crippen molar-refractivity contribution in [3.63, 3.8) is 0 Å². The second kappa shape index (κ2) is 7.58. The second-order valence-corrected chi connectivity index (χ2v) is 10.4. The molecule has 7 aromatic rings. The number of thiophene rings is 1. The van der Waals surface area contributed by atoms with Crippen molar-refractivity contribution >= 4 is 75.5 Å². The van der Waals surface area contributed by atoms with Gasteiger partial charge in [0.2, 0.25) is 0 Å². The van der Waals surface area contributed by atoms with Crippen LogP contribution in [0.2, 0.25) is 0 Å². The predicted molar refractivity (Wildman–Crippen MR) is 157 cm³/mol. The normalized spacial score (nSPS) is 14.0. The van der Waals surface area contributed by atoms with Crippen LogP contribution < -0.4 is 5.32 Å². The van der Waals surface area contributed by atoms with E-state index in [4.69, 9.17) is 0 Å². The summed E-state index contributed by atoms with van der Waals surface area (Å²) in [6.45, 7) is 0.797. The van der Waals surface area contributed by atoms with E-state index in [1.165, 1.54) is 63.9 Å². The smallest absolute Gasteiger partial charge is 0.111 e. The van der Waals surface area contributed by atoms with Crippen molar-refractivity contribution in [3.05, 3.63) is 121 Å². The number of benzene rings is 5. The maximum absolute atomic E-state index is 3.70. The van der Waals surface area contributed by atoms with Crippen LogP contribution in [-0.4, -0.2) is 11.1 Å². The monoisotopic (exact) mass is 478 g/mol. The van der Waals surface area contributed by atoms with E-state index in [1.54, 1.807) is 0 Å². The number of rotatable bonds is 2. The Hall–Kier alpha value is -4.34. The van der Waals surface area contributed by atoms with Crippen LogP contribution in [0.25, 0.3) is 64.1 Å². The van der Waals surface area contributed by atoms with Gasteiger partial charge in [-0.1, -0.05) is 97.1 Å². The van der Waals surface area contributed by atoms with Crippen LogP contribution in [0.5, 0.6) is 0 Å². The van der Waals surface area contributed by atoms with Crippen molar-refractivity contribution in [1.82, 2.24) is 9.88 Å². The lowest BCUT2D eigenvalue weighted by Crippen LogP contribution is -2.20. The zero-order valence-electron chi connectivity index (χ0n) is 19.5. The average Bonchev–Trinajstić information content (AvgIpc) is 3.50. The molecule has 0 aliphatic carbocycles. The molecule has 2 nitrogen and oxygen atoms in total. The summed E-state index contributed by atoms with van der Waals surface area (Å²) < 4.78 is 5.17. The molecule has 1 N–H and O–H groups in total. The number of nitrogens with one attached hydrogen (secondary N) is 1. The number of hydrogen-bond donors (Lipinski definition) is 1. The molecule has 8 rings (SSSR count). The lowest BCUT2D eigenvalue weighted by Gasteiger charge is -2.20. The highest BCUT2D eigenvalue weighted by Gasteiger charge is 2.22. The van der Waals surface area contributed by atoms with Crippen LogP contribution in [0.1, 0.15) is 5.56 Å². The van der Waals surface area contributed by atoms with E-state index in [0.29, 0.717) is 0 Å². The van der Waals surface area contributed by atoms with Crippen molar-refractivity contribution in [2.24, 2.45) is 0 Å². The fraction of sp³-hybridized carbons (Fsp3) is 0.0303. The van der Waals surface area contributed by atoms with Crippen LogP contribution in [0.4, 0.5) is 0 Å². The van der Waals surface area contributed by atoms with Crippen molar-refractivity contribution in [2.75, 3.05) is 6.54 Å². The summed E-state index contributed by atoms with van der Waals surface area (Å²) in [6, 6.07) is 37.3. The molecule has 0 spiro atoms. The second-order valence-electron chi connectivity index (χ2n) is 9.36. The minimum Gasteiger partial charge on any atom is -0.368 e. The van der Waals surface area contributed by atoms with Gasteiger partial charge in [0.15, 0.2) is 0 Å². The van der Waals surface area contributed by atoms with Crippen LogP contribution in [0.15, 0.2) is 115 Å². The zero-order valence-corrected chi connectivity index (χ0v) is 20.3. The van der Waals surface area contributed by atoms with E-state index in [2.05, 4.69) is 125 Å². The Morgan fingerprint density at radius 3 is 2.19 bits per heavy atom. The lowest BCUT2D eigenvalue weighted by molar-refractivity contribution is 0.926. The minimum absolute atomic E-state index is 0.797. The number of fused-ring (bicyclic) bond motifs is 10. The Morgan fingerprint density at radius 1 is 0.639 bits per heavy atom. The van der Waals surface area contributed by atoms with E-state index in [1.807, 2.05) is 11.3 Å². The van der Waals surface area contributed by atoms with Crippen LogP contribution in [0, 0.1) is 0 Å². The molecule has 3 heterocycles. The standard InChI is InChI=1S/C33H22N2S/c1-2-10-21(11-3-1)22-18-19-34-29(20-22)35-27-16-8-6-14-25(27)30-31-26-15-7-9-17-28(26)36-33(31)24-13-5-4-12-23(24)32(30)35/h1-18,20,34H,19H2. The summed E-state index contributed by atoms with van der Waals surface area (Å²) in [5.74, 6) is 1.12. The molecule has 5 aromatic carbocycles. The maximum atomic E-state index is 3.70. The molecule has 0 unspecified atom stereocenters. The Bertz CT molecular complexity index is 2040. The van der Waals surface area contributed by atoms with E-state index in [0.717, 1.165) is 12.4 Å². The van der Waals surface area contributed by atoms with Crippen molar-refractivity contribution in [1.29, 1.82) is 0 Å². The third kappa shape index (κ3) is 2.72. The Morgan fingerprint density at radius 2 is 1.33 bits per heavy atom. The average molecular weight is 479 g/mol. The first-order valence-electron chi connectivity index (χ1n) is 12.3. The van der Waals surface area contributed by atoms with Gasteiger partial charge in [0.1, 0.15) is 5.82 Å². The first-order chi connectivity index (χ1) is 17.9. The lowest BCUT2D eigenvalue weighted by atomic mass is 10.00. The van der Waals surface area contributed by atoms with Crippen LogP contribution >= 0.6 is 11.3 Å². The molecule has 0 amide bonds. The molecule has 0 saturated heterocycles. The number of allylic oxidation sites excluding steroid dienone is 2. The molecule has 0 saturated carbocycles. The molecular weight excluding hydrogens is 456 g/mol. The highest BCUT2D eigenvalue weighted by Crippen LogP contribution is 2.47. The largest absolute Gasteiger partial charge is 0.368 e. The van der Waals surface area contributed by atoms with Gasteiger partial charge in [0, 0.05) is 48.3 Å². The molecule has 170 valence electrons. The molecule has 0 fully saturated rings. The predicted octanol–water partition coefficient (Wildman–Crippen LogP) is 8.80. The molecule has 3 heteroatoms. The van der Waals surface area contributed by atoms with Gasteiger partial charge in [-0.2, -0.15) is 0 Å². The van der Waals surface area contributed by atoms with Crippen LogP contribution in [0.3, 0.4) is 0 Å². The molecule has 36 heavy (non-hydrogen) atoms. The van der Waals surface area contributed by atoms with Crippen molar-refractivity contribution in [2.45, 2.75) is 0 Å². The number of para-hydroxylation sites is 1. The summed E-state index contributed by atoms with van der Waals surface area (Å²) in [5, 5.41) is 11.7. The highest BCUT2D eigenvalue weighted by atomic mass is 32.1. The van der Waals surface area contributed by atoms with Gasteiger partial charge in [0.25, 0.3) is 0 Å². The van der Waals surface area contributed by atoms with Gasteiger partial charge in [-0.3, -0.25) is 4.57 Å². The summed E-state index contributed by atoms with van der Waals surface area (Å²) in [5.41, 5.74) is 5.00. The maximum Gasteiger partial charge on any atom is 0.111 e. The zero-order chi connectivity index (χ0) is 23.6. The molecule has 1 aliphatic heterocycles. The summed E-state index contributed by atoms with van der Waals surface area (Å²) in [4.78, 5) is 0. The first kappa shape index (κ1) is 19.9. The Balaban J connectivity index is 1.58. The topological polar surface area (TPSA) is 17.0 Å². The third-order valence-corrected chi connectivity index (χ3v) is 8.60. The molecule has 0 radical (unpaired) electrons. The fourth-order valence-corrected chi connectivity index (χ4v) is 7.12. The van der Waals surface area contributed by atoms with Gasteiger partial charge >= 0.3 is 0 Å². The van der Waals surface area contributed by atoms with Gasteiger partial charge in [-0.25, -0.2) is 0 Å². The van der Waals surface area contributed by atoms with Gasteiger partial charge < -0.3 is 5.32 Å². The number of aromatic nitrogens is 1. The number of nitrogens with zero attached hydrogens (tertiary/aromatic N) is 1. The quantitative estimate of drug-likeness (QED) is 0.263. The fourth-order valence-electron chi connectivity index (χ4n) is 5.87. The molecule has 0 bridgehead atoms. The van der Waals surface area contributed by atoms with Crippen LogP contribution in [-0.2, 0) is 0 Å². The van der Waals surface area contributed by atoms with E-state index >= 15 is 0 Å². The molecule has 0 atom stereocenters. The molecular formula is C33H22N2S. The van der Waals surface area contributed by atoms with Gasteiger partial charge in [-0.05, 0) is 29.3 Å². The highest BCUT2D eigenvalue weighted by molar-refractivity contribution is 7.27. The Kier molecular flexibility index (Phi) is 4.19.